The van der Waals surface area contributed by atoms with E-state index in [4.69, 9.17) is 9.41 Å². The summed E-state index contributed by atoms with van der Waals surface area (Å²) in [5.41, 5.74) is 3.70. The molecule has 1 aromatic heterocycles. The van der Waals surface area contributed by atoms with E-state index < -0.39 is 0 Å². The Morgan fingerprint density at radius 1 is 0.939 bits per heavy atom. The van der Waals surface area contributed by atoms with Crippen molar-refractivity contribution in [3.05, 3.63) is 112 Å². The Labute approximate surface area is 204 Å². The van der Waals surface area contributed by atoms with E-state index in [-0.39, 0.29) is 5.91 Å². The van der Waals surface area contributed by atoms with Gasteiger partial charge >= 0.3 is 0 Å². The van der Waals surface area contributed by atoms with Gasteiger partial charge in [0.15, 0.2) is 5.17 Å². The van der Waals surface area contributed by atoms with E-state index in [1.165, 1.54) is 17.3 Å². The Bertz CT molecular complexity index is 1380. The van der Waals surface area contributed by atoms with Crippen molar-refractivity contribution in [2.45, 2.75) is 6.92 Å². The number of thioether (sulfide) groups is 1. The number of amides is 1. The maximum Gasteiger partial charge on any atom is 0.271 e. The Kier molecular flexibility index (Phi) is 6.03. The molecule has 0 radical (unpaired) electrons. The lowest BCUT2D eigenvalue weighted by Crippen LogP contribution is -2.28. The Morgan fingerprint density at radius 2 is 1.67 bits per heavy atom. The first-order chi connectivity index (χ1) is 16.1. The number of hydrogen-bond acceptors (Lipinski definition) is 4. The summed E-state index contributed by atoms with van der Waals surface area (Å²) in [5.74, 6) is 1.22. The standard InChI is InChI=1S/C27H19BrN2O2S/c1-18-12-14-22(23(28)16-18)24-15-13-21(32-24)17-25-26(31)30(20-10-6-3-7-11-20)27(33-25)29-19-8-4-2-5-9-19/h2-17H,1H3/b25-17+,29-27?. The monoisotopic (exact) mass is 514 g/mol. The van der Waals surface area contributed by atoms with Gasteiger partial charge in [0.25, 0.3) is 5.91 Å². The molecule has 0 N–H and O–H groups in total. The zero-order valence-electron chi connectivity index (χ0n) is 17.7. The van der Waals surface area contributed by atoms with Crippen LogP contribution in [0.2, 0.25) is 0 Å². The molecule has 0 saturated carbocycles. The predicted molar refractivity (Wildman–Crippen MR) is 140 cm³/mol. The molecule has 1 saturated heterocycles. The summed E-state index contributed by atoms with van der Waals surface area (Å²) in [7, 11) is 0. The van der Waals surface area contributed by atoms with Gasteiger partial charge in [-0.2, -0.15) is 0 Å². The van der Waals surface area contributed by atoms with E-state index in [0.717, 1.165) is 27.2 Å². The minimum absolute atomic E-state index is 0.129. The van der Waals surface area contributed by atoms with Crippen LogP contribution in [0.1, 0.15) is 11.3 Å². The van der Waals surface area contributed by atoms with Crippen LogP contribution in [0.4, 0.5) is 11.4 Å². The third-order valence-corrected chi connectivity index (χ3v) is 6.72. The Hall–Kier alpha value is -3.35. The number of para-hydroxylation sites is 2. The topological polar surface area (TPSA) is 45.8 Å². The summed E-state index contributed by atoms with van der Waals surface area (Å²) in [6.45, 7) is 2.04. The van der Waals surface area contributed by atoms with E-state index in [2.05, 4.69) is 22.0 Å². The lowest BCUT2D eigenvalue weighted by molar-refractivity contribution is -0.113. The van der Waals surface area contributed by atoms with Crippen molar-refractivity contribution in [2.24, 2.45) is 4.99 Å². The Balaban J connectivity index is 1.51. The van der Waals surface area contributed by atoms with Gasteiger partial charge in [0.2, 0.25) is 0 Å². The van der Waals surface area contributed by atoms with Crippen LogP contribution >= 0.6 is 27.7 Å². The second-order valence-electron chi connectivity index (χ2n) is 7.50. The number of aliphatic imine (C=N–C) groups is 1. The molecule has 0 atom stereocenters. The van der Waals surface area contributed by atoms with Gasteiger partial charge in [-0.15, -0.1) is 0 Å². The number of carbonyl (C=O) groups excluding carboxylic acids is 1. The Morgan fingerprint density at radius 3 is 2.39 bits per heavy atom. The highest BCUT2D eigenvalue weighted by Crippen LogP contribution is 2.38. The number of hydrogen-bond donors (Lipinski definition) is 0. The fourth-order valence-electron chi connectivity index (χ4n) is 3.49. The zero-order chi connectivity index (χ0) is 22.8. The van der Waals surface area contributed by atoms with Crippen LogP contribution in [-0.2, 0) is 4.79 Å². The van der Waals surface area contributed by atoms with Crippen LogP contribution < -0.4 is 4.90 Å². The van der Waals surface area contributed by atoms with Gasteiger partial charge in [-0.1, -0.05) is 58.4 Å². The summed E-state index contributed by atoms with van der Waals surface area (Å²) in [5, 5.41) is 0.608. The van der Waals surface area contributed by atoms with Gasteiger partial charge in [-0.25, -0.2) is 4.99 Å². The van der Waals surface area contributed by atoms with Crippen LogP contribution in [-0.4, -0.2) is 11.1 Å². The molecule has 0 aliphatic carbocycles. The average Bonchev–Trinajstić information content (AvgIpc) is 3.40. The minimum atomic E-state index is -0.129. The molecule has 5 rings (SSSR count). The van der Waals surface area contributed by atoms with Crippen molar-refractivity contribution in [3.8, 4) is 11.3 Å². The number of rotatable bonds is 4. The van der Waals surface area contributed by atoms with E-state index >= 15 is 0 Å². The lowest BCUT2D eigenvalue weighted by Gasteiger charge is -2.15. The van der Waals surface area contributed by atoms with Crippen molar-refractivity contribution in [3.63, 3.8) is 0 Å². The molecule has 6 heteroatoms. The smallest absolute Gasteiger partial charge is 0.271 e. The van der Waals surface area contributed by atoms with E-state index in [1.54, 1.807) is 11.0 Å². The maximum atomic E-state index is 13.4. The van der Waals surface area contributed by atoms with Crippen molar-refractivity contribution < 1.29 is 9.21 Å². The lowest BCUT2D eigenvalue weighted by atomic mass is 10.1. The predicted octanol–water partition coefficient (Wildman–Crippen LogP) is 7.83. The molecule has 33 heavy (non-hydrogen) atoms. The summed E-state index contributed by atoms with van der Waals surface area (Å²) >= 11 is 4.95. The van der Waals surface area contributed by atoms with Crippen molar-refractivity contribution in [1.82, 2.24) is 0 Å². The fourth-order valence-corrected chi connectivity index (χ4v) is 5.16. The second-order valence-corrected chi connectivity index (χ2v) is 9.37. The molecule has 162 valence electrons. The maximum absolute atomic E-state index is 13.4. The van der Waals surface area contributed by atoms with Gasteiger partial charge in [0.1, 0.15) is 11.5 Å². The quantitative estimate of drug-likeness (QED) is 0.260. The molecule has 2 heterocycles. The second kappa shape index (κ2) is 9.25. The fraction of sp³-hybridized carbons (Fsp3) is 0.0370. The van der Waals surface area contributed by atoms with Crippen LogP contribution in [0, 0.1) is 6.92 Å². The van der Waals surface area contributed by atoms with Crippen LogP contribution in [0.25, 0.3) is 17.4 Å². The first kappa shape index (κ1) is 21.5. The summed E-state index contributed by atoms with van der Waals surface area (Å²) in [4.78, 5) is 20.3. The molecule has 1 fully saturated rings. The first-order valence-electron chi connectivity index (χ1n) is 10.4. The minimum Gasteiger partial charge on any atom is -0.457 e. The molecule has 4 aromatic rings. The molecule has 3 aromatic carbocycles. The number of benzene rings is 3. The number of carbonyl (C=O) groups is 1. The molecular weight excluding hydrogens is 496 g/mol. The third kappa shape index (κ3) is 4.58. The summed E-state index contributed by atoms with van der Waals surface area (Å²) in [6.07, 6.45) is 1.78. The number of aryl methyl sites for hydroxylation is 1. The van der Waals surface area contributed by atoms with E-state index in [1.807, 2.05) is 91.9 Å². The van der Waals surface area contributed by atoms with Crippen molar-refractivity contribution >= 4 is 56.2 Å². The highest BCUT2D eigenvalue weighted by Gasteiger charge is 2.35. The highest BCUT2D eigenvalue weighted by molar-refractivity contribution is 9.10. The molecule has 0 bridgehead atoms. The molecular formula is C27H19BrN2O2S. The van der Waals surface area contributed by atoms with Crippen LogP contribution in [0.5, 0.6) is 0 Å². The number of halogens is 1. The first-order valence-corrected chi connectivity index (χ1v) is 12.0. The summed E-state index contributed by atoms with van der Waals surface area (Å²) < 4.78 is 7.03. The van der Waals surface area contributed by atoms with Gasteiger partial charge in [-0.3, -0.25) is 9.69 Å². The normalized spacial score (nSPS) is 16.2. The molecule has 1 aliphatic heterocycles. The summed E-state index contributed by atoms with van der Waals surface area (Å²) in [6, 6.07) is 29.1. The molecule has 4 nitrogen and oxygen atoms in total. The zero-order valence-corrected chi connectivity index (χ0v) is 20.1. The number of anilines is 1. The third-order valence-electron chi connectivity index (χ3n) is 5.09. The van der Waals surface area contributed by atoms with Crippen LogP contribution in [0.15, 0.2) is 110 Å². The average molecular weight is 515 g/mol. The van der Waals surface area contributed by atoms with Gasteiger partial charge in [0.05, 0.1) is 16.3 Å². The van der Waals surface area contributed by atoms with Crippen molar-refractivity contribution in [1.29, 1.82) is 0 Å². The largest absolute Gasteiger partial charge is 0.457 e. The molecule has 1 amide bonds. The van der Waals surface area contributed by atoms with E-state index in [9.17, 15) is 4.79 Å². The number of amidine groups is 1. The molecule has 0 unspecified atom stereocenters. The highest BCUT2D eigenvalue weighted by atomic mass is 79.9. The number of furan rings is 1. The van der Waals surface area contributed by atoms with Gasteiger partial charge in [-0.05, 0) is 72.8 Å². The van der Waals surface area contributed by atoms with Gasteiger partial charge in [0, 0.05) is 16.1 Å². The molecule has 0 spiro atoms. The van der Waals surface area contributed by atoms with Crippen molar-refractivity contribution in [2.75, 3.05) is 4.90 Å². The molecule has 1 aliphatic rings. The SMILES string of the molecule is Cc1ccc(-c2ccc(/C=C3/SC(=Nc4ccccc4)N(c4ccccc4)C3=O)o2)c(Br)c1. The van der Waals surface area contributed by atoms with Crippen LogP contribution in [0.3, 0.4) is 0 Å². The van der Waals surface area contributed by atoms with Gasteiger partial charge < -0.3 is 4.42 Å². The van der Waals surface area contributed by atoms with E-state index in [0.29, 0.717) is 15.8 Å². The number of nitrogens with zero attached hydrogens (tertiary/aromatic N) is 2.